The Balaban J connectivity index is 2.07. The lowest BCUT2D eigenvalue weighted by Crippen LogP contribution is -2.20. The molecule has 2 aliphatic rings. The minimum absolute atomic E-state index is 0.0986. The van der Waals surface area contributed by atoms with Crippen molar-refractivity contribution in [2.24, 2.45) is 0 Å². The minimum atomic E-state index is 0.0986. The van der Waals surface area contributed by atoms with Gasteiger partial charge in [0.2, 0.25) is 0 Å². The van der Waals surface area contributed by atoms with Crippen molar-refractivity contribution in [3.05, 3.63) is 84.0 Å². The van der Waals surface area contributed by atoms with E-state index >= 15 is 0 Å². The number of rotatable bonds is 0. The van der Waals surface area contributed by atoms with Gasteiger partial charge in [-0.05, 0) is 35.1 Å². The zero-order valence-corrected chi connectivity index (χ0v) is 10.9. The van der Waals surface area contributed by atoms with Crippen LogP contribution in [0.15, 0.2) is 72.8 Å². The summed E-state index contributed by atoms with van der Waals surface area (Å²) in [5.74, 6) is 0. The molecule has 1 saturated carbocycles. The zero-order chi connectivity index (χ0) is 13.0. The van der Waals surface area contributed by atoms with Crippen LogP contribution in [0.25, 0.3) is 11.1 Å². The van der Waals surface area contributed by atoms with E-state index in [2.05, 4.69) is 61.7 Å². The molecule has 0 heteroatoms. The maximum Gasteiger partial charge on any atom is 0.0295 e. The first kappa shape index (κ1) is 10.8. The Bertz CT molecular complexity index is 655. The van der Waals surface area contributed by atoms with Gasteiger partial charge in [0.15, 0.2) is 0 Å². The molecule has 0 aromatic heterocycles. The van der Waals surface area contributed by atoms with Crippen molar-refractivity contribution in [2.45, 2.75) is 18.3 Å². The fraction of sp³-hybridized carbons (Fsp3) is 0.158. The molecule has 1 spiro atoms. The molecule has 0 N–H and O–H groups in total. The number of benzene rings is 2. The lowest BCUT2D eigenvalue weighted by Gasteiger charge is -2.25. The van der Waals surface area contributed by atoms with Crippen LogP contribution >= 0.6 is 0 Å². The van der Waals surface area contributed by atoms with E-state index in [4.69, 9.17) is 0 Å². The maximum absolute atomic E-state index is 4.20. The van der Waals surface area contributed by atoms with E-state index in [9.17, 15) is 0 Å². The smallest absolute Gasteiger partial charge is 0.0295 e. The summed E-state index contributed by atoms with van der Waals surface area (Å²) in [6, 6.07) is 17.6. The van der Waals surface area contributed by atoms with E-state index in [0.717, 1.165) is 12.8 Å². The molecule has 0 saturated heterocycles. The molecule has 0 heterocycles. The zero-order valence-electron chi connectivity index (χ0n) is 10.9. The third-order valence-corrected chi connectivity index (χ3v) is 4.71. The molecular formula is C19H16. The van der Waals surface area contributed by atoms with Crippen molar-refractivity contribution in [3.63, 3.8) is 0 Å². The van der Waals surface area contributed by atoms with Crippen LogP contribution in [0.3, 0.4) is 0 Å². The van der Waals surface area contributed by atoms with Crippen molar-refractivity contribution in [1.82, 2.24) is 0 Å². The van der Waals surface area contributed by atoms with Gasteiger partial charge in [0.05, 0.1) is 0 Å². The van der Waals surface area contributed by atoms with Crippen LogP contribution in [-0.4, -0.2) is 0 Å². The summed E-state index contributed by atoms with van der Waals surface area (Å²) in [5.41, 5.74) is 8.22. The van der Waals surface area contributed by atoms with E-state index in [0.29, 0.717) is 0 Å². The van der Waals surface area contributed by atoms with Crippen LogP contribution in [0, 0.1) is 0 Å². The quantitative estimate of drug-likeness (QED) is 0.621. The third-order valence-electron chi connectivity index (χ3n) is 4.71. The molecule has 1 fully saturated rings. The van der Waals surface area contributed by atoms with Gasteiger partial charge in [-0.1, -0.05) is 72.8 Å². The molecule has 92 valence electrons. The van der Waals surface area contributed by atoms with E-state index in [1.54, 1.807) is 0 Å². The summed E-state index contributed by atoms with van der Waals surface area (Å²) in [7, 11) is 0. The molecule has 0 nitrogen and oxygen atoms in total. The molecule has 0 bridgehead atoms. The molecule has 2 aliphatic carbocycles. The van der Waals surface area contributed by atoms with Gasteiger partial charge in [0.25, 0.3) is 0 Å². The predicted molar refractivity (Wildman–Crippen MR) is 80.2 cm³/mol. The molecule has 4 rings (SSSR count). The van der Waals surface area contributed by atoms with Crippen molar-refractivity contribution in [3.8, 4) is 11.1 Å². The van der Waals surface area contributed by atoms with E-state index in [-0.39, 0.29) is 5.41 Å². The van der Waals surface area contributed by atoms with Gasteiger partial charge in [0, 0.05) is 5.41 Å². The second-order valence-electron chi connectivity index (χ2n) is 5.73. The Hall–Kier alpha value is -2.08. The monoisotopic (exact) mass is 244 g/mol. The van der Waals surface area contributed by atoms with Gasteiger partial charge in [-0.15, -0.1) is 0 Å². The third kappa shape index (κ3) is 1.24. The van der Waals surface area contributed by atoms with Gasteiger partial charge in [0.1, 0.15) is 0 Å². The van der Waals surface area contributed by atoms with E-state index in [1.165, 1.54) is 33.4 Å². The van der Waals surface area contributed by atoms with Crippen molar-refractivity contribution >= 4 is 0 Å². The summed E-state index contributed by atoms with van der Waals surface area (Å²) >= 11 is 0. The van der Waals surface area contributed by atoms with Crippen LogP contribution in [0.5, 0.6) is 0 Å². The average Bonchev–Trinajstić information content (AvgIpc) is 2.89. The number of hydrogen-bond donors (Lipinski definition) is 0. The molecule has 19 heavy (non-hydrogen) atoms. The topological polar surface area (TPSA) is 0 Å². The first-order valence-electron chi connectivity index (χ1n) is 6.78. The maximum atomic E-state index is 4.20. The second-order valence-corrected chi connectivity index (χ2v) is 5.73. The van der Waals surface area contributed by atoms with Crippen LogP contribution in [0.2, 0.25) is 0 Å². The summed E-state index contributed by atoms with van der Waals surface area (Å²) in [6.07, 6.45) is 2.03. The largest absolute Gasteiger partial charge is 0.0955 e. The lowest BCUT2D eigenvalue weighted by molar-refractivity contribution is 0.576. The Labute approximate surface area is 114 Å². The predicted octanol–water partition coefficient (Wildman–Crippen LogP) is 4.86. The SMILES string of the molecule is C=C1CC2(CC1=C)c1ccccc1-c1ccccc12. The molecular weight excluding hydrogens is 228 g/mol. The summed E-state index contributed by atoms with van der Waals surface area (Å²) in [6.45, 7) is 8.40. The molecule has 0 amide bonds. The van der Waals surface area contributed by atoms with Gasteiger partial charge >= 0.3 is 0 Å². The first-order chi connectivity index (χ1) is 9.22. The van der Waals surface area contributed by atoms with Crippen molar-refractivity contribution in [1.29, 1.82) is 0 Å². The van der Waals surface area contributed by atoms with Gasteiger partial charge in [-0.3, -0.25) is 0 Å². The highest BCUT2D eigenvalue weighted by Crippen LogP contribution is 2.58. The van der Waals surface area contributed by atoms with Crippen molar-refractivity contribution < 1.29 is 0 Å². The molecule has 0 radical (unpaired) electrons. The molecule has 2 aromatic rings. The molecule has 0 aliphatic heterocycles. The second kappa shape index (κ2) is 3.48. The van der Waals surface area contributed by atoms with E-state index in [1.807, 2.05) is 0 Å². The Morgan fingerprint density at radius 3 is 1.58 bits per heavy atom. The van der Waals surface area contributed by atoms with Gasteiger partial charge in [-0.2, -0.15) is 0 Å². The molecule has 0 unspecified atom stereocenters. The lowest BCUT2D eigenvalue weighted by atomic mass is 9.76. The van der Waals surface area contributed by atoms with Gasteiger partial charge < -0.3 is 0 Å². The highest BCUT2D eigenvalue weighted by molar-refractivity contribution is 5.82. The number of fused-ring (bicyclic) bond motifs is 5. The summed E-state index contributed by atoms with van der Waals surface area (Å²) in [5, 5.41) is 0. The fourth-order valence-corrected chi connectivity index (χ4v) is 3.84. The van der Waals surface area contributed by atoms with Crippen LogP contribution in [0.4, 0.5) is 0 Å². The van der Waals surface area contributed by atoms with Crippen LogP contribution < -0.4 is 0 Å². The van der Waals surface area contributed by atoms with Crippen LogP contribution in [0.1, 0.15) is 24.0 Å². The Kier molecular flexibility index (Phi) is 1.98. The Morgan fingerprint density at radius 2 is 1.11 bits per heavy atom. The van der Waals surface area contributed by atoms with Crippen molar-refractivity contribution in [2.75, 3.05) is 0 Å². The average molecular weight is 244 g/mol. The normalized spacial score (nSPS) is 18.7. The fourth-order valence-electron chi connectivity index (χ4n) is 3.84. The standard InChI is InChI=1S/C19H16/c1-13-11-19(12-14(13)2)17-9-5-3-7-15(17)16-8-4-6-10-18(16)19/h3-10H,1-2,11-12H2. The molecule has 2 aromatic carbocycles. The van der Waals surface area contributed by atoms with Crippen LogP contribution in [-0.2, 0) is 5.41 Å². The van der Waals surface area contributed by atoms with Gasteiger partial charge in [-0.25, -0.2) is 0 Å². The highest BCUT2D eigenvalue weighted by atomic mass is 14.5. The summed E-state index contributed by atoms with van der Waals surface area (Å²) in [4.78, 5) is 0. The number of hydrogen-bond acceptors (Lipinski definition) is 0. The Morgan fingerprint density at radius 1 is 0.684 bits per heavy atom. The molecule has 0 atom stereocenters. The van der Waals surface area contributed by atoms with E-state index < -0.39 is 0 Å². The first-order valence-corrected chi connectivity index (χ1v) is 6.78. The minimum Gasteiger partial charge on any atom is -0.0955 e. The summed E-state index contributed by atoms with van der Waals surface area (Å²) < 4.78 is 0. The highest BCUT2D eigenvalue weighted by Gasteiger charge is 2.46. The number of allylic oxidation sites excluding steroid dienone is 2.